The van der Waals surface area contributed by atoms with Crippen LogP contribution in [0.1, 0.15) is 41.6 Å². The van der Waals surface area contributed by atoms with Gasteiger partial charge in [0.1, 0.15) is 6.10 Å². The van der Waals surface area contributed by atoms with E-state index in [9.17, 15) is 9.59 Å². The fourth-order valence-corrected chi connectivity index (χ4v) is 3.26. The highest BCUT2D eigenvalue weighted by Gasteiger charge is 2.32. The van der Waals surface area contributed by atoms with Gasteiger partial charge in [-0.3, -0.25) is 9.59 Å². The van der Waals surface area contributed by atoms with Gasteiger partial charge in [0, 0.05) is 36.7 Å². The summed E-state index contributed by atoms with van der Waals surface area (Å²) in [4.78, 5) is 26.4. The summed E-state index contributed by atoms with van der Waals surface area (Å²) in [5, 5.41) is 0. The molecule has 1 fully saturated rings. The minimum Gasteiger partial charge on any atom is -0.368 e. The second kappa shape index (κ2) is 6.80. The average Bonchev–Trinajstić information content (AvgIpc) is 3.20. The Morgan fingerprint density at radius 1 is 1.36 bits per heavy atom. The molecule has 3 rings (SSSR count). The van der Waals surface area contributed by atoms with Crippen LogP contribution in [0, 0.1) is 0 Å². The highest BCUT2D eigenvalue weighted by Crippen LogP contribution is 2.31. The monoisotopic (exact) mass is 321 g/mol. The molecule has 0 radical (unpaired) electrons. The molecule has 0 aliphatic carbocycles. The minimum absolute atomic E-state index is 0.0532. The van der Waals surface area contributed by atoms with Crippen molar-refractivity contribution in [2.24, 2.45) is 0 Å². The first-order chi connectivity index (χ1) is 10.7. The number of carbonyl (C=O) groups is 2. The second-order valence-electron chi connectivity index (χ2n) is 5.80. The fraction of sp³-hybridized carbons (Fsp3) is 0.529. The predicted octanol–water partition coefficient (Wildman–Crippen LogP) is 2.96. The van der Waals surface area contributed by atoms with Crippen molar-refractivity contribution in [3.05, 3.63) is 29.3 Å². The molecular weight excluding hydrogens is 302 g/mol. The van der Waals surface area contributed by atoms with Gasteiger partial charge < -0.3 is 9.64 Å². The van der Waals surface area contributed by atoms with Gasteiger partial charge in [-0.1, -0.05) is 0 Å². The Hall–Kier alpha value is -1.39. The Morgan fingerprint density at radius 3 is 2.95 bits per heavy atom. The van der Waals surface area contributed by atoms with E-state index < -0.39 is 0 Å². The first-order valence-corrected chi connectivity index (χ1v) is 8.39. The van der Waals surface area contributed by atoms with Gasteiger partial charge in [0.25, 0.3) is 5.91 Å². The molecule has 0 saturated carbocycles. The summed E-state index contributed by atoms with van der Waals surface area (Å²) in [6.07, 6.45) is 3.42. The van der Waals surface area contributed by atoms with Crippen LogP contribution >= 0.6 is 11.6 Å². The Labute approximate surface area is 135 Å². The number of rotatable bonds is 5. The molecule has 0 aromatic heterocycles. The molecule has 1 aromatic carbocycles. The van der Waals surface area contributed by atoms with Crippen molar-refractivity contribution in [2.75, 3.05) is 23.9 Å². The average molecular weight is 322 g/mol. The zero-order valence-electron chi connectivity index (χ0n) is 12.5. The van der Waals surface area contributed by atoms with Gasteiger partial charge in [0.15, 0.2) is 5.78 Å². The van der Waals surface area contributed by atoms with Crippen molar-refractivity contribution < 1.29 is 14.3 Å². The molecule has 22 heavy (non-hydrogen) atoms. The largest absolute Gasteiger partial charge is 0.368 e. The first-order valence-electron chi connectivity index (χ1n) is 7.86. The smallest absolute Gasteiger partial charge is 0.256 e. The van der Waals surface area contributed by atoms with Crippen molar-refractivity contribution in [1.29, 1.82) is 0 Å². The number of alkyl halides is 1. The summed E-state index contributed by atoms with van der Waals surface area (Å²) in [6.45, 7) is 1.35. The molecule has 2 heterocycles. The van der Waals surface area contributed by atoms with Crippen LogP contribution in [0.5, 0.6) is 0 Å². The third-order valence-corrected chi connectivity index (χ3v) is 4.57. The number of Topliss-reactive ketones (excluding diaryl/α,β-unsaturated/α-hetero) is 1. The van der Waals surface area contributed by atoms with Crippen LogP contribution in [-0.2, 0) is 16.0 Å². The van der Waals surface area contributed by atoms with Crippen LogP contribution < -0.4 is 4.90 Å². The quantitative estimate of drug-likeness (QED) is 0.619. The van der Waals surface area contributed by atoms with Gasteiger partial charge in [0.05, 0.1) is 0 Å². The molecule has 2 aliphatic heterocycles. The number of hydrogen-bond acceptors (Lipinski definition) is 3. The molecule has 1 atom stereocenters. The van der Waals surface area contributed by atoms with Crippen LogP contribution in [0.25, 0.3) is 0 Å². The second-order valence-corrected chi connectivity index (χ2v) is 6.18. The number of nitrogens with zero attached hydrogens (tertiary/aromatic N) is 1. The molecule has 0 spiro atoms. The van der Waals surface area contributed by atoms with Crippen LogP contribution in [0.3, 0.4) is 0 Å². The summed E-state index contributed by atoms with van der Waals surface area (Å²) in [6, 6.07) is 5.63. The number of ether oxygens (including phenoxy) is 1. The molecule has 1 aromatic rings. The minimum atomic E-state index is -0.295. The Balaban J connectivity index is 1.75. The van der Waals surface area contributed by atoms with Crippen molar-refractivity contribution in [1.82, 2.24) is 0 Å². The Bertz CT molecular complexity index is 581. The Morgan fingerprint density at radius 2 is 2.23 bits per heavy atom. The number of anilines is 1. The number of halogens is 1. The van der Waals surface area contributed by atoms with Crippen LogP contribution in [-0.4, -0.2) is 36.8 Å². The molecule has 1 saturated heterocycles. The third kappa shape index (κ3) is 3.03. The molecule has 1 unspecified atom stereocenters. The molecule has 0 N–H and O–H groups in total. The van der Waals surface area contributed by atoms with E-state index in [1.165, 1.54) is 0 Å². The molecule has 0 bridgehead atoms. The van der Waals surface area contributed by atoms with E-state index >= 15 is 0 Å². The lowest BCUT2D eigenvalue weighted by molar-refractivity contribution is -0.127. The summed E-state index contributed by atoms with van der Waals surface area (Å²) in [7, 11) is 0. The van der Waals surface area contributed by atoms with E-state index in [1.807, 2.05) is 18.2 Å². The predicted molar refractivity (Wildman–Crippen MR) is 85.8 cm³/mol. The number of carbonyl (C=O) groups excluding carboxylic acids is 2. The highest BCUT2D eigenvalue weighted by atomic mass is 35.5. The van der Waals surface area contributed by atoms with Crippen molar-refractivity contribution in [2.45, 2.75) is 38.2 Å². The van der Waals surface area contributed by atoms with E-state index in [-0.39, 0.29) is 17.8 Å². The van der Waals surface area contributed by atoms with Crippen molar-refractivity contribution in [3.8, 4) is 0 Å². The molecular formula is C17H20ClNO3. The van der Waals surface area contributed by atoms with Crippen molar-refractivity contribution in [3.63, 3.8) is 0 Å². The summed E-state index contributed by atoms with van der Waals surface area (Å²) in [5.74, 6) is 0.671. The fourth-order valence-electron chi connectivity index (χ4n) is 3.12. The topological polar surface area (TPSA) is 46.6 Å². The molecule has 4 nitrogen and oxygen atoms in total. The van der Waals surface area contributed by atoms with Crippen LogP contribution in [0.2, 0.25) is 0 Å². The summed E-state index contributed by atoms with van der Waals surface area (Å²) in [5.41, 5.74) is 2.72. The van der Waals surface area contributed by atoms with E-state index in [4.69, 9.17) is 16.3 Å². The van der Waals surface area contributed by atoms with Gasteiger partial charge in [-0.15, -0.1) is 11.6 Å². The van der Waals surface area contributed by atoms with Crippen molar-refractivity contribution >= 4 is 29.0 Å². The zero-order valence-corrected chi connectivity index (χ0v) is 13.3. The van der Waals surface area contributed by atoms with E-state index in [1.54, 1.807) is 4.90 Å². The highest BCUT2D eigenvalue weighted by molar-refractivity contribution is 6.18. The molecule has 1 amide bonds. The lowest BCUT2D eigenvalue weighted by Crippen LogP contribution is -2.37. The van der Waals surface area contributed by atoms with E-state index in [0.717, 1.165) is 36.1 Å². The van der Waals surface area contributed by atoms with Gasteiger partial charge in [-0.05, 0) is 49.4 Å². The lowest BCUT2D eigenvalue weighted by Gasteiger charge is -2.21. The normalized spacial score (nSPS) is 20.2. The number of hydrogen-bond donors (Lipinski definition) is 0. The molecule has 2 aliphatic rings. The van der Waals surface area contributed by atoms with E-state index in [2.05, 4.69) is 0 Å². The number of benzene rings is 1. The first kappa shape index (κ1) is 15.5. The maximum Gasteiger partial charge on any atom is 0.256 e. The zero-order chi connectivity index (χ0) is 15.5. The van der Waals surface area contributed by atoms with Crippen LogP contribution in [0.15, 0.2) is 18.2 Å². The SMILES string of the molecule is O=C(CCCCl)c1ccc2c(c1)CCN2C(=O)C1CCCO1. The maximum atomic E-state index is 12.5. The number of ketones is 1. The lowest BCUT2D eigenvalue weighted by atomic mass is 10.0. The maximum absolute atomic E-state index is 12.5. The number of amides is 1. The standard InChI is InChI=1S/C17H20ClNO3/c18-8-1-3-15(20)13-5-6-14-12(11-13)7-9-19(14)17(21)16-4-2-10-22-16/h5-6,11,16H,1-4,7-10H2. The summed E-state index contributed by atoms with van der Waals surface area (Å²) < 4.78 is 5.49. The van der Waals surface area contributed by atoms with E-state index in [0.29, 0.717) is 31.9 Å². The third-order valence-electron chi connectivity index (χ3n) is 4.31. The van der Waals surface area contributed by atoms with Gasteiger partial charge in [0.2, 0.25) is 0 Å². The van der Waals surface area contributed by atoms with Gasteiger partial charge in [-0.2, -0.15) is 0 Å². The van der Waals surface area contributed by atoms with Crippen LogP contribution in [0.4, 0.5) is 5.69 Å². The molecule has 5 heteroatoms. The Kier molecular flexibility index (Phi) is 4.79. The van der Waals surface area contributed by atoms with Gasteiger partial charge >= 0.3 is 0 Å². The molecule has 118 valence electrons. The van der Waals surface area contributed by atoms with Gasteiger partial charge in [-0.25, -0.2) is 0 Å². The number of fused-ring (bicyclic) bond motifs is 1. The summed E-state index contributed by atoms with van der Waals surface area (Å²) >= 11 is 5.63.